The first-order chi connectivity index (χ1) is 8.43. The molecule has 0 unspecified atom stereocenters. The second-order valence-corrected chi connectivity index (χ2v) is 7.48. The lowest BCUT2D eigenvalue weighted by Crippen LogP contribution is -2.29. The smallest absolute Gasteiger partial charge is 0.246 e. The van der Waals surface area contributed by atoms with E-state index >= 15 is 0 Å². The molecule has 0 aliphatic rings. The molecule has 1 rings (SSSR count). The fourth-order valence-electron chi connectivity index (χ4n) is 1.31. The maximum Gasteiger partial charge on any atom is 0.246 e. The summed E-state index contributed by atoms with van der Waals surface area (Å²) in [5.41, 5.74) is 0. The molecule has 8 heteroatoms. The van der Waals surface area contributed by atoms with Crippen LogP contribution < -0.4 is 5.32 Å². The lowest BCUT2D eigenvalue weighted by molar-refractivity contribution is 0.488. The third-order valence-electron chi connectivity index (χ3n) is 2.35. The Morgan fingerprint density at radius 2 is 2.22 bits per heavy atom. The summed E-state index contributed by atoms with van der Waals surface area (Å²) in [4.78, 5) is 4.24. The van der Waals surface area contributed by atoms with Crippen molar-refractivity contribution in [1.29, 1.82) is 0 Å². The average molecular weight is 354 g/mol. The molecule has 1 heterocycles. The lowest BCUT2D eigenvalue weighted by atomic mass is 10.4. The molecule has 0 fully saturated rings. The van der Waals surface area contributed by atoms with Crippen LogP contribution >= 0.6 is 27.7 Å². The van der Waals surface area contributed by atoms with Crippen molar-refractivity contribution in [3.8, 4) is 0 Å². The van der Waals surface area contributed by atoms with E-state index in [1.54, 1.807) is 38.1 Å². The van der Waals surface area contributed by atoms with Gasteiger partial charge in [0.05, 0.1) is 0 Å². The molecule has 5 nitrogen and oxygen atoms in total. The van der Waals surface area contributed by atoms with Crippen LogP contribution in [0, 0.1) is 0 Å². The zero-order chi connectivity index (χ0) is 13.8. The molecule has 0 saturated heterocycles. The summed E-state index contributed by atoms with van der Waals surface area (Å²) in [6, 6.07) is 1.56. The Bertz CT molecular complexity index is 508. The van der Waals surface area contributed by atoms with Gasteiger partial charge in [0.25, 0.3) is 0 Å². The molecule has 0 aromatic carbocycles. The molecule has 0 saturated carbocycles. The largest absolute Gasteiger partial charge is 0.372 e. The molecule has 1 aromatic heterocycles. The van der Waals surface area contributed by atoms with Gasteiger partial charge in [0.2, 0.25) is 10.0 Å². The molecule has 0 aliphatic carbocycles. The number of anilines is 1. The SMILES string of the molecule is CNc1ncc(Br)cc1S(=O)(=O)N(C)CCSC. The Morgan fingerprint density at radius 3 is 2.78 bits per heavy atom. The summed E-state index contributed by atoms with van der Waals surface area (Å²) in [5.74, 6) is 1.11. The van der Waals surface area contributed by atoms with Crippen LogP contribution in [0.5, 0.6) is 0 Å². The van der Waals surface area contributed by atoms with E-state index in [9.17, 15) is 8.42 Å². The van der Waals surface area contributed by atoms with E-state index < -0.39 is 10.0 Å². The molecule has 0 amide bonds. The van der Waals surface area contributed by atoms with Crippen molar-refractivity contribution in [2.75, 3.05) is 38.0 Å². The number of rotatable bonds is 6. The quantitative estimate of drug-likeness (QED) is 0.845. The molecule has 18 heavy (non-hydrogen) atoms. The highest BCUT2D eigenvalue weighted by atomic mass is 79.9. The molecular formula is C10H16BrN3O2S2. The Labute approximate surface area is 121 Å². The van der Waals surface area contributed by atoms with Gasteiger partial charge >= 0.3 is 0 Å². The van der Waals surface area contributed by atoms with Gasteiger partial charge in [-0.15, -0.1) is 0 Å². The number of thioether (sulfide) groups is 1. The van der Waals surface area contributed by atoms with E-state index in [2.05, 4.69) is 26.2 Å². The average Bonchev–Trinajstić information content (AvgIpc) is 2.35. The lowest BCUT2D eigenvalue weighted by Gasteiger charge is -2.18. The summed E-state index contributed by atoms with van der Waals surface area (Å²) in [7, 11) is -0.286. The number of pyridine rings is 1. The molecule has 0 atom stereocenters. The van der Waals surface area contributed by atoms with E-state index in [4.69, 9.17) is 0 Å². The molecule has 0 spiro atoms. The summed E-state index contributed by atoms with van der Waals surface area (Å²) < 4.78 is 26.7. The Morgan fingerprint density at radius 1 is 1.56 bits per heavy atom. The highest BCUT2D eigenvalue weighted by Gasteiger charge is 2.24. The summed E-state index contributed by atoms with van der Waals surface area (Å²) >= 11 is 4.85. The van der Waals surface area contributed by atoms with Gasteiger partial charge in [-0.25, -0.2) is 13.4 Å². The standard InChI is InChI=1S/C10H16BrN3O2S2/c1-12-10-9(6-8(11)7-13-10)18(15,16)14(2)4-5-17-3/h6-7H,4-5H2,1-3H3,(H,12,13). The first-order valence-corrected chi connectivity index (χ1v) is 8.84. The Kier molecular flexibility index (Phi) is 5.90. The van der Waals surface area contributed by atoms with Gasteiger partial charge in [-0.05, 0) is 28.3 Å². The van der Waals surface area contributed by atoms with Gasteiger partial charge in [0, 0.05) is 37.1 Å². The third kappa shape index (κ3) is 3.59. The minimum Gasteiger partial charge on any atom is -0.372 e. The molecular weight excluding hydrogens is 338 g/mol. The molecule has 0 bridgehead atoms. The van der Waals surface area contributed by atoms with Crippen molar-refractivity contribution in [1.82, 2.24) is 9.29 Å². The zero-order valence-corrected chi connectivity index (χ0v) is 13.7. The van der Waals surface area contributed by atoms with Gasteiger partial charge < -0.3 is 5.32 Å². The van der Waals surface area contributed by atoms with E-state index in [0.29, 0.717) is 16.8 Å². The van der Waals surface area contributed by atoms with Crippen LogP contribution in [0.2, 0.25) is 0 Å². The summed E-state index contributed by atoms with van der Waals surface area (Å²) in [6.07, 6.45) is 3.51. The second-order valence-electron chi connectivity index (χ2n) is 3.57. The predicted octanol–water partition coefficient (Wildman–Crippen LogP) is 1.87. The first-order valence-electron chi connectivity index (χ1n) is 5.22. The molecule has 0 radical (unpaired) electrons. The number of nitrogens with zero attached hydrogens (tertiary/aromatic N) is 2. The maximum atomic E-state index is 12.4. The van der Waals surface area contributed by atoms with Gasteiger partial charge in [0.15, 0.2) is 0 Å². The third-order valence-corrected chi connectivity index (χ3v) is 5.25. The molecule has 102 valence electrons. The zero-order valence-electron chi connectivity index (χ0n) is 10.5. The van der Waals surface area contributed by atoms with Crippen LogP contribution in [-0.4, -0.2) is 50.4 Å². The van der Waals surface area contributed by atoms with Crippen molar-refractivity contribution in [3.05, 3.63) is 16.7 Å². The molecule has 0 aliphatic heterocycles. The first kappa shape index (κ1) is 15.7. The minimum atomic E-state index is -3.51. The van der Waals surface area contributed by atoms with Crippen LogP contribution in [0.4, 0.5) is 5.82 Å². The molecule has 1 aromatic rings. The van der Waals surface area contributed by atoms with E-state index in [1.165, 1.54) is 4.31 Å². The van der Waals surface area contributed by atoms with Crippen LogP contribution in [0.1, 0.15) is 0 Å². The minimum absolute atomic E-state index is 0.183. The number of aromatic nitrogens is 1. The van der Waals surface area contributed by atoms with Gasteiger partial charge in [-0.1, -0.05) is 0 Å². The van der Waals surface area contributed by atoms with Crippen molar-refractivity contribution >= 4 is 43.5 Å². The topological polar surface area (TPSA) is 62.3 Å². The van der Waals surface area contributed by atoms with Crippen LogP contribution in [0.25, 0.3) is 0 Å². The van der Waals surface area contributed by atoms with Crippen LogP contribution in [-0.2, 0) is 10.0 Å². The predicted molar refractivity (Wildman–Crippen MR) is 79.7 cm³/mol. The summed E-state index contributed by atoms with van der Waals surface area (Å²) in [6.45, 7) is 0.471. The fraction of sp³-hybridized carbons (Fsp3) is 0.500. The van der Waals surface area contributed by atoms with Gasteiger partial charge in [0.1, 0.15) is 10.7 Å². The van der Waals surface area contributed by atoms with E-state index in [-0.39, 0.29) is 4.90 Å². The number of nitrogens with one attached hydrogen (secondary N) is 1. The second kappa shape index (κ2) is 6.74. The number of hydrogen-bond donors (Lipinski definition) is 1. The Balaban J connectivity index is 3.14. The van der Waals surface area contributed by atoms with Crippen molar-refractivity contribution in [3.63, 3.8) is 0 Å². The normalized spacial score (nSPS) is 11.8. The van der Waals surface area contributed by atoms with Crippen molar-refractivity contribution < 1.29 is 8.42 Å². The number of hydrogen-bond acceptors (Lipinski definition) is 5. The Hall–Kier alpha value is -0.310. The van der Waals surface area contributed by atoms with Gasteiger partial charge in [-0.3, -0.25) is 0 Å². The van der Waals surface area contributed by atoms with E-state index in [0.717, 1.165) is 5.75 Å². The number of sulfonamides is 1. The maximum absolute atomic E-state index is 12.4. The van der Waals surface area contributed by atoms with Crippen molar-refractivity contribution in [2.45, 2.75) is 4.90 Å². The highest BCUT2D eigenvalue weighted by Crippen LogP contribution is 2.25. The van der Waals surface area contributed by atoms with Gasteiger partial charge in [-0.2, -0.15) is 16.1 Å². The van der Waals surface area contributed by atoms with E-state index in [1.807, 2.05) is 6.26 Å². The highest BCUT2D eigenvalue weighted by molar-refractivity contribution is 9.10. The monoisotopic (exact) mass is 353 g/mol. The van der Waals surface area contributed by atoms with Crippen LogP contribution in [0.15, 0.2) is 21.6 Å². The fourth-order valence-corrected chi connectivity index (χ4v) is 3.71. The van der Waals surface area contributed by atoms with Crippen molar-refractivity contribution in [2.24, 2.45) is 0 Å². The summed E-state index contributed by atoms with van der Waals surface area (Å²) in [5, 5.41) is 2.80. The number of halogens is 1. The van der Waals surface area contributed by atoms with Crippen LogP contribution in [0.3, 0.4) is 0 Å². The molecule has 1 N–H and O–H groups in total.